The van der Waals surface area contributed by atoms with E-state index in [1.807, 2.05) is 0 Å². The van der Waals surface area contributed by atoms with E-state index in [9.17, 15) is 0 Å². The molecule has 2 rings (SSSR count). The van der Waals surface area contributed by atoms with Gasteiger partial charge in [0.25, 0.3) is 0 Å². The molecule has 1 aliphatic carbocycles. The molecule has 0 spiro atoms. The van der Waals surface area contributed by atoms with Crippen LogP contribution in [0.3, 0.4) is 0 Å². The van der Waals surface area contributed by atoms with E-state index in [2.05, 4.69) is 42.7 Å². The van der Waals surface area contributed by atoms with E-state index in [0.29, 0.717) is 4.75 Å². The fraction of sp³-hybridized carbons (Fsp3) is 1.00. The Morgan fingerprint density at radius 2 is 2.18 bits per heavy atom. The first-order valence-corrected chi connectivity index (χ1v) is 8.19. The Morgan fingerprint density at radius 3 is 2.76 bits per heavy atom. The van der Waals surface area contributed by atoms with Gasteiger partial charge in [0.05, 0.1) is 0 Å². The molecular weight excluding hydrogens is 228 g/mol. The molecule has 0 aromatic rings. The van der Waals surface area contributed by atoms with Crippen molar-refractivity contribution in [2.75, 3.05) is 31.9 Å². The molecule has 2 nitrogen and oxygen atoms in total. The van der Waals surface area contributed by atoms with Crippen LogP contribution in [0.5, 0.6) is 0 Å². The molecule has 0 bridgehead atoms. The lowest BCUT2D eigenvalue weighted by Crippen LogP contribution is -2.56. The van der Waals surface area contributed by atoms with Crippen molar-refractivity contribution in [2.45, 2.75) is 50.8 Å². The summed E-state index contributed by atoms with van der Waals surface area (Å²) in [6, 6.07) is 0.875. The summed E-state index contributed by atoms with van der Waals surface area (Å²) in [5.41, 5.74) is 0. The zero-order valence-corrected chi connectivity index (χ0v) is 12.5. The Hall–Kier alpha value is 0.270. The van der Waals surface area contributed by atoms with E-state index in [0.717, 1.165) is 12.0 Å². The first kappa shape index (κ1) is 13.7. The molecule has 0 radical (unpaired) electrons. The van der Waals surface area contributed by atoms with E-state index >= 15 is 0 Å². The van der Waals surface area contributed by atoms with Gasteiger partial charge in [0, 0.05) is 29.6 Å². The number of nitrogens with zero attached hydrogens (tertiary/aromatic N) is 1. The summed E-state index contributed by atoms with van der Waals surface area (Å²) >= 11 is 2.14. The van der Waals surface area contributed by atoms with Gasteiger partial charge in [0.2, 0.25) is 0 Å². The second-order valence-corrected chi connectivity index (χ2v) is 7.99. The molecule has 1 saturated carbocycles. The van der Waals surface area contributed by atoms with Crippen molar-refractivity contribution < 1.29 is 0 Å². The third-order valence-electron chi connectivity index (χ3n) is 4.13. The highest BCUT2D eigenvalue weighted by molar-refractivity contribution is 8.00. The summed E-state index contributed by atoms with van der Waals surface area (Å²) < 4.78 is 0.467. The lowest BCUT2D eigenvalue weighted by molar-refractivity contribution is 0.0582. The van der Waals surface area contributed by atoms with E-state index in [1.165, 1.54) is 51.2 Å². The van der Waals surface area contributed by atoms with Crippen molar-refractivity contribution in [2.24, 2.45) is 5.92 Å². The largest absolute Gasteiger partial charge is 0.316 e. The Morgan fingerprint density at radius 1 is 1.35 bits per heavy atom. The second kappa shape index (κ2) is 5.94. The zero-order valence-electron chi connectivity index (χ0n) is 11.7. The molecule has 2 unspecified atom stereocenters. The average molecular weight is 256 g/mol. The molecule has 1 heterocycles. The van der Waals surface area contributed by atoms with E-state index in [4.69, 9.17) is 0 Å². The Balaban J connectivity index is 1.77. The summed E-state index contributed by atoms with van der Waals surface area (Å²) in [6.07, 6.45) is 4.12. The van der Waals surface area contributed by atoms with Gasteiger partial charge in [-0.25, -0.2) is 0 Å². The Labute approximate surface area is 111 Å². The SMILES string of the molecule is CCCNCC1CCC1N1CCSC(C)(C)C1. The Kier molecular flexibility index (Phi) is 4.79. The van der Waals surface area contributed by atoms with Crippen molar-refractivity contribution >= 4 is 11.8 Å². The van der Waals surface area contributed by atoms with Crippen LogP contribution in [0.25, 0.3) is 0 Å². The molecule has 1 N–H and O–H groups in total. The van der Waals surface area contributed by atoms with E-state index in [-0.39, 0.29) is 0 Å². The smallest absolute Gasteiger partial charge is 0.0231 e. The topological polar surface area (TPSA) is 15.3 Å². The number of hydrogen-bond acceptors (Lipinski definition) is 3. The molecule has 2 atom stereocenters. The summed E-state index contributed by atoms with van der Waals surface area (Å²) in [4.78, 5) is 2.76. The molecule has 3 heteroatoms. The van der Waals surface area contributed by atoms with Crippen molar-refractivity contribution in [1.82, 2.24) is 10.2 Å². The summed E-state index contributed by atoms with van der Waals surface area (Å²) in [5.74, 6) is 2.24. The van der Waals surface area contributed by atoms with Gasteiger partial charge in [-0.15, -0.1) is 0 Å². The highest BCUT2D eigenvalue weighted by Gasteiger charge is 2.39. The Bertz CT molecular complexity index is 242. The van der Waals surface area contributed by atoms with E-state index < -0.39 is 0 Å². The zero-order chi connectivity index (χ0) is 12.3. The van der Waals surface area contributed by atoms with Crippen LogP contribution in [0.4, 0.5) is 0 Å². The van der Waals surface area contributed by atoms with Gasteiger partial charge in [0.15, 0.2) is 0 Å². The number of thioether (sulfide) groups is 1. The molecule has 17 heavy (non-hydrogen) atoms. The fourth-order valence-corrected chi connectivity index (χ4v) is 4.21. The van der Waals surface area contributed by atoms with Crippen LogP contribution in [0.1, 0.15) is 40.0 Å². The van der Waals surface area contributed by atoms with Gasteiger partial charge >= 0.3 is 0 Å². The van der Waals surface area contributed by atoms with Crippen molar-refractivity contribution in [1.29, 1.82) is 0 Å². The molecule has 0 amide bonds. The molecular formula is C14H28N2S. The van der Waals surface area contributed by atoms with E-state index in [1.54, 1.807) is 0 Å². The third kappa shape index (κ3) is 3.62. The molecule has 1 saturated heterocycles. The van der Waals surface area contributed by atoms with Crippen LogP contribution in [0, 0.1) is 5.92 Å². The molecule has 100 valence electrons. The van der Waals surface area contributed by atoms with Crippen LogP contribution in [-0.4, -0.2) is 47.6 Å². The van der Waals surface area contributed by atoms with Gasteiger partial charge in [-0.05, 0) is 52.1 Å². The minimum Gasteiger partial charge on any atom is -0.316 e. The van der Waals surface area contributed by atoms with Gasteiger partial charge in [0.1, 0.15) is 0 Å². The van der Waals surface area contributed by atoms with Gasteiger partial charge < -0.3 is 5.32 Å². The lowest BCUT2D eigenvalue weighted by atomic mass is 9.78. The van der Waals surface area contributed by atoms with Crippen molar-refractivity contribution in [3.8, 4) is 0 Å². The maximum atomic E-state index is 3.59. The summed E-state index contributed by atoms with van der Waals surface area (Å²) in [6.45, 7) is 12.1. The highest BCUT2D eigenvalue weighted by Crippen LogP contribution is 2.37. The quantitative estimate of drug-likeness (QED) is 0.761. The maximum absolute atomic E-state index is 3.59. The van der Waals surface area contributed by atoms with Crippen molar-refractivity contribution in [3.05, 3.63) is 0 Å². The van der Waals surface area contributed by atoms with Crippen LogP contribution in [0.15, 0.2) is 0 Å². The lowest BCUT2D eigenvalue weighted by Gasteiger charge is -2.49. The van der Waals surface area contributed by atoms with Gasteiger partial charge in [-0.3, -0.25) is 4.90 Å². The molecule has 2 fully saturated rings. The second-order valence-electron chi connectivity index (χ2n) is 6.19. The monoisotopic (exact) mass is 256 g/mol. The minimum atomic E-state index is 0.467. The predicted molar refractivity (Wildman–Crippen MR) is 77.8 cm³/mol. The normalized spacial score (nSPS) is 33.4. The molecule has 0 aromatic carbocycles. The minimum absolute atomic E-state index is 0.467. The maximum Gasteiger partial charge on any atom is 0.0231 e. The van der Waals surface area contributed by atoms with Crippen LogP contribution in [-0.2, 0) is 0 Å². The number of nitrogens with one attached hydrogen (secondary N) is 1. The van der Waals surface area contributed by atoms with Gasteiger partial charge in [-0.2, -0.15) is 11.8 Å². The first-order chi connectivity index (χ1) is 8.12. The summed E-state index contributed by atoms with van der Waals surface area (Å²) in [5, 5.41) is 3.59. The molecule has 1 aliphatic heterocycles. The van der Waals surface area contributed by atoms with Crippen LogP contribution >= 0.6 is 11.8 Å². The number of hydrogen-bond donors (Lipinski definition) is 1. The summed E-state index contributed by atoms with van der Waals surface area (Å²) in [7, 11) is 0. The fourth-order valence-electron chi connectivity index (χ4n) is 3.07. The average Bonchev–Trinajstić information content (AvgIpc) is 2.21. The number of rotatable bonds is 5. The third-order valence-corrected chi connectivity index (χ3v) is 5.43. The predicted octanol–water partition coefficient (Wildman–Crippen LogP) is 2.59. The molecule has 0 aromatic heterocycles. The van der Waals surface area contributed by atoms with Crippen molar-refractivity contribution in [3.63, 3.8) is 0 Å². The van der Waals surface area contributed by atoms with Crippen LogP contribution < -0.4 is 5.32 Å². The standard InChI is InChI=1S/C14H28N2S/c1-4-7-15-10-12-5-6-13(12)16-8-9-17-14(2,3)11-16/h12-13,15H,4-11H2,1-3H3. The highest BCUT2D eigenvalue weighted by atomic mass is 32.2. The van der Waals surface area contributed by atoms with Crippen LogP contribution in [0.2, 0.25) is 0 Å². The first-order valence-electron chi connectivity index (χ1n) is 7.21. The van der Waals surface area contributed by atoms with Gasteiger partial charge in [-0.1, -0.05) is 6.92 Å². The molecule has 2 aliphatic rings.